The van der Waals surface area contributed by atoms with Gasteiger partial charge in [0.25, 0.3) is 0 Å². The van der Waals surface area contributed by atoms with Crippen LogP contribution < -0.4 is 5.32 Å². The highest BCUT2D eigenvalue weighted by atomic mass is 19.1. The Morgan fingerprint density at radius 2 is 2.17 bits per heavy atom. The minimum absolute atomic E-state index is 0.191. The van der Waals surface area contributed by atoms with Crippen LogP contribution in [0.25, 0.3) is 17.0 Å². The molecule has 3 rings (SSSR count). The van der Waals surface area contributed by atoms with Gasteiger partial charge in [0.05, 0.1) is 0 Å². The van der Waals surface area contributed by atoms with Gasteiger partial charge in [-0.25, -0.2) is 4.98 Å². The van der Waals surface area contributed by atoms with Crippen LogP contribution in [0.15, 0.2) is 59.0 Å². The van der Waals surface area contributed by atoms with E-state index in [1.165, 1.54) is 0 Å². The van der Waals surface area contributed by atoms with E-state index in [1.54, 1.807) is 49.5 Å². The number of allylic oxidation sites excluding steroid dienone is 2. The van der Waals surface area contributed by atoms with E-state index < -0.39 is 5.95 Å². The van der Waals surface area contributed by atoms with Crippen LogP contribution in [-0.2, 0) is 6.42 Å². The molecule has 3 aromatic rings. The lowest BCUT2D eigenvalue weighted by Gasteiger charge is -2.04. The fourth-order valence-electron chi connectivity index (χ4n) is 2.37. The van der Waals surface area contributed by atoms with Crippen molar-refractivity contribution >= 4 is 22.9 Å². The third-order valence-electron chi connectivity index (χ3n) is 3.60. The van der Waals surface area contributed by atoms with E-state index in [-0.39, 0.29) is 5.75 Å². The van der Waals surface area contributed by atoms with Crippen molar-refractivity contribution in [1.82, 2.24) is 4.98 Å². The number of aromatic hydroxyl groups is 1. The number of pyridine rings is 1. The average Bonchev–Trinajstić information content (AvgIpc) is 2.96. The first-order valence-electron chi connectivity index (χ1n) is 7.47. The number of furan rings is 1. The van der Waals surface area contributed by atoms with Crippen molar-refractivity contribution in [3.63, 3.8) is 0 Å². The van der Waals surface area contributed by atoms with Crippen molar-refractivity contribution in [2.24, 2.45) is 0 Å². The summed E-state index contributed by atoms with van der Waals surface area (Å²) in [6.45, 7) is 3.94. The minimum Gasteiger partial charge on any atom is -0.508 e. The highest BCUT2D eigenvalue weighted by Gasteiger charge is 2.06. The molecule has 2 aromatic heterocycles. The molecule has 4 nitrogen and oxygen atoms in total. The van der Waals surface area contributed by atoms with Crippen molar-refractivity contribution in [3.05, 3.63) is 71.9 Å². The van der Waals surface area contributed by atoms with Crippen LogP contribution in [0.1, 0.15) is 11.3 Å². The summed E-state index contributed by atoms with van der Waals surface area (Å²) in [5, 5.41) is 13.1. The van der Waals surface area contributed by atoms with Crippen molar-refractivity contribution in [3.8, 4) is 5.75 Å². The summed E-state index contributed by atoms with van der Waals surface area (Å²) >= 11 is 0. The molecular weight excluding hydrogens is 307 g/mol. The monoisotopic (exact) mass is 324 g/mol. The number of benzene rings is 1. The third-order valence-corrected chi connectivity index (χ3v) is 3.60. The largest absolute Gasteiger partial charge is 0.508 e. The molecule has 0 fully saturated rings. The van der Waals surface area contributed by atoms with E-state index >= 15 is 0 Å². The van der Waals surface area contributed by atoms with Gasteiger partial charge >= 0.3 is 0 Å². The first-order chi connectivity index (χ1) is 11.5. The Labute approximate surface area is 139 Å². The average molecular weight is 324 g/mol. The molecule has 0 bridgehead atoms. The number of phenolic OH excluding ortho intramolecular Hbond substituents is 1. The van der Waals surface area contributed by atoms with Crippen LogP contribution in [-0.4, -0.2) is 17.1 Å². The summed E-state index contributed by atoms with van der Waals surface area (Å²) in [6.07, 6.45) is 3.91. The van der Waals surface area contributed by atoms with Gasteiger partial charge in [-0.3, -0.25) is 0 Å². The summed E-state index contributed by atoms with van der Waals surface area (Å²) < 4.78 is 19.5. The normalized spacial score (nSPS) is 11.2. The topological polar surface area (TPSA) is 58.3 Å². The quantitative estimate of drug-likeness (QED) is 0.535. The molecule has 0 saturated carbocycles. The standard InChI is InChI=1S/C19H17FN2O2/c1-12(9-13-4-8-18(21-2)22-19(13)20)3-6-16-11-14-10-15(23)5-7-17(14)24-16/h3-8,10-11,23H,1,9H2,2H3,(H,21,22)/b6-3+. The molecule has 0 saturated heterocycles. The summed E-state index contributed by atoms with van der Waals surface area (Å²) in [4.78, 5) is 3.81. The third kappa shape index (κ3) is 3.46. The number of halogens is 1. The summed E-state index contributed by atoms with van der Waals surface area (Å²) in [5.41, 5.74) is 1.91. The molecule has 1 aromatic carbocycles. The molecular formula is C19H17FN2O2. The maximum absolute atomic E-state index is 13.9. The number of fused-ring (bicyclic) bond motifs is 1. The molecule has 0 aliphatic rings. The highest BCUT2D eigenvalue weighted by Crippen LogP contribution is 2.24. The lowest BCUT2D eigenvalue weighted by molar-refractivity contribution is 0.476. The molecule has 0 aliphatic heterocycles. The number of anilines is 1. The summed E-state index contributed by atoms with van der Waals surface area (Å²) in [7, 11) is 1.69. The fraction of sp³-hybridized carbons (Fsp3) is 0.105. The van der Waals surface area contributed by atoms with Gasteiger partial charge < -0.3 is 14.8 Å². The van der Waals surface area contributed by atoms with E-state index in [2.05, 4.69) is 16.9 Å². The molecule has 2 N–H and O–H groups in total. The molecule has 24 heavy (non-hydrogen) atoms. The van der Waals surface area contributed by atoms with E-state index in [0.717, 1.165) is 11.0 Å². The maximum atomic E-state index is 13.9. The predicted molar refractivity (Wildman–Crippen MR) is 93.5 cm³/mol. The molecule has 0 unspecified atom stereocenters. The van der Waals surface area contributed by atoms with Gasteiger partial charge in [0.2, 0.25) is 5.95 Å². The second-order valence-corrected chi connectivity index (χ2v) is 5.44. The number of nitrogens with one attached hydrogen (secondary N) is 1. The van der Waals surface area contributed by atoms with Gasteiger partial charge in [0.1, 0.15) is 22.9 Å². The number of nitrogens with zero attached hydrogens (tertiary/aromatic N) is 1. The Morgan fingerprint density at radius 3 is 2.92 bits per heavy atom. The van der Waals surface area contributed by atoms with Gasteiger partial charge in [-0.05, 0) is 36.4 Å². The van der Waals surface area contributed by atoms with E-state index in [9.17, 15) is 9.50 Å². The second-order valence-electron chi connectivity index (χ2n) is 5.44. The van der Waals surface area contributed by atoms with Gasteiger partial charge in [0.15, 0.2) is 0 Å². The van der Waals surface area contributed by atoms with E-state index in [1.807, 2.05) is 6.07 Å². The number of hydrogen-bond donors (Lipinski definition) is 2. The lowest BCUT2D eigenvalue weighted by Crippen LogP contribution is -1.99. The highest BCUT2D eigenvalue weighted by molar-refractivity contribution is 5.81. The minimum atomic E-state index is -0.504. The second kappa shape index (κ2) is 6.58. The molecule has 0 spiro atoms. The van der Waals surface area contributed by atoms with Gasteiger partial charge in [0, 0.05) is 24.4 Å². The number of hydrogen-bond acceptors (Lipinski definition) is 4. The molecule has 0 aliphatic carbocycles. The summed E-state index contributed by atoms with van der Waals surface area (Å²) in [5.74, 6) is 0.815. The number of aromatic nitrogens is 1. The van der Waals surface area contributed by atoms with Crippen molar-refractivity contribution < 1.29 is 13.9 Å². The van der Waals surface area contributed by atoms with Crippen LogP contribution in [0.3, 0.4) is 0 Å². The van der Waals surface area contributed by atoms with E-state index in [0.29, 0.717) is 29.1 Å². The SMILES string of the molecule is C=C(/C=C/c1cc2cc(O)ccc2o1)Cc1ccc(NC)nc1F. The molecule has 0 radical (unpaired) electrons. The number of rotatable bonds is 5. The number of phenols is 1. The summed E-state index contributed by atoms with van der Waals surface area (Å²) in [6, 6.07) is 10.2. The van der Waals surface area contributed by atoms with Crippen molar-refractivity contribution in [2.75, 3.05) is 12.4 Å². The zero-order valence-corrected chi connectivity index (χ0v) is 13.2. The Bertz CT molecular complexity index is 928. The van der Waals surface area contributed by atoms with Crippen molar-refractivity contribution in [1.29, 1.82) is 0 Å². The smallest absolute Gasteiger partial charge is 0.218 e. The van der Waals surface area contributed by atoms with Crippen LogP contribution in [0.5, 0.6) is 5.75 Å². The fourth-order valence-corrected chi connectivity index (χ4v) is 2.37. The van der Waals surface area contributed by atoms with Crippen molar-refractivity contribution in [2.45, 2.75) is 6.42 Å². The zero-order chi connectivity index (χ0) is 17.1. The van der Waals surface area contributed by atoms with Crippen LogP contribution >= 0.6 is 0 Å². The Morgan fingerprint density at radius 1 is 1.33 bits per heavy atom. The first kappa shape index (κ1) is 15.8. The van der Waals surface area contributed by atoms with Crippen LogP contribution in [0.2, 0.25) is 0 Å². The lowest BCUT2D eigenvalue weighted by atomic mass is 10.1. The molecule has 5 heteroatoms. The first-order valence-corrected chi connectivity index (χ1v) is 7.47. The Balaban J connectivity index is 1.72. The zero-order valence-electron chi connectivity index (χ0n) is 13.2. The molecule has 122 valence electrons. The van der Waals surface area contributed by atoms with Crippen LogP contribution in [0.4, 0.5) is 10.2 Å². The maximum Gasteiger partial charge on any atom is 0.218 e. The van der Waals surface area contributed by atoms with Gasteiger partial charge in [-0.15, -0.1) is 0 Å². The van der Waals surface area contributed by atoms with Gasteiger partial charge in [-0.1, -0.05) is 24.3 Å². The van der Waals surface area contributed by atoms with Gasteiger partial charge in [-0.2, -0.15) is 4.39 Å². The predicted octanol–water partition coefficient (Wildman–Crippen LogP) is 4.53. The Hall–Kier alpha value is -3.08. The molecule has 0 amide bonds. The van der Waals surface area contributed by atoms with Crippen LogP contribution in [0, 0.1) is 5.95 Å². The van der Waals surface area contributed by atoms with E-state index in [4.69, 9.17) is 4.42 Å². The Kier molecular flexibility index (Phi) is 4.33. The molecule has 2 heterocycles. The molecule has 0 atom stereocenters.